The zero-order chi connectivity index (χ0) is 4.50. The predicted molar refractivity (Wildman–Crippen MR) is 12.7 cm³/mol. The molecule has 1 radical (unpaired) electrons. The van der Waals surface area contributed by atoms with Gasteiger partial charge in [-0.2, -0.15) is 8.42 Å². The first-order valence-electron chi connectivity index (χ1n) is 0.670. The van der Waals surface area contributed by atoms with Crippen LogP contribution in [0.2, 0.25) is 0 Å². The van der Waals surface area contributed by atoms with Gasteiger partial charge < -0.3 is 0 Å². The van der Waals surface area contributed by atoms with Gasteiger partial charge in [-0.15, -0.1) is 0 Å². The van der Waals surface area contributed by atoms with Crippen LogP contribution >= 0.6 is 0 Å². The van der Waals surface area contributed by atoms with Crippen molar-refractivity contribution < 1.29 is 55.5 Å². The summed E-state index contributed by atoms with van der Waals surface area (Å²) in [6, 6.07) is 0. The monoisotopic (exact) mass is 259 g/mol. The number of halogens is 1. The molecule has 0 aliphatic rings. The molecule has 0 rings (SSSR count). The standard InChI is InChI=1S/FHO3S.Tb/c1-5(2,3)4;/h(H,2,3,4);. The molecule has 0 heterocycles. The molecule has 0 spiro atoms. The molecule has 41 valence electrons. The quantitative estimate of drug-likeness (QED) is 0.482. The molecule has 0 saturated carbocycles. The van der Waals surface area contributed by atoms with Crippen LogP contribution in [0.4, 0.5) is 3.89 Å². The molecule has 1 N–H and O–H groups in total. The van der Waals surface area contributed by atoms with E-state index in [1.165, 1.54) is 0 Å². The van der Waals surface area contributed by atoms with E-state index in [0.29, 0.717) is 0 Å². The molecule has 0 bridgehead atoms. The molecule has 0 saturated heterocycles. The van der Waals surface area contributed by atoms with E-state index in [2.05, 4.69) is 0 Å². The van der Waals surface area contributed by atoms with Crippen LogP contribution in [-0.2, 0) is 10.5 Å². The first-order valence-corrected chi connectivity index (χ1v) is 2.01. The van der Waals surface area contributed by atoms with Gasteiger partial charge in [-0.25, -0.2) is 0 Å². The summed E-state index contributed by atoms with van der Waals surface area (Å²) in [6.07, 6.45) is 0. The molecule has 0 aromatic rings. The van der Waals surface area contributed by atoms with Crippen molar-refractivity contribution in [2.45, 2.75) is 0 Å². The SMILES string of the molecule is O=S(=O)(O)F.[Tb]. The minimum atomic E-state index is -5.17. The summed E-state index contributed by atoms with van der Waals surface area (Å²) in [7, 11) is -5.17. The van der Waals surface area contributed by atoms with Crippen molar-refractivity contribution in [3.63, 3.8) is 0 Å². The van der Waals surface area contributed by atoms with Gasteiger partial charge >= 0.3 is 10.5 Å². The fraction of sp³-hybridized carbons (Fsp3) is 0. The molecule has 0 aromatic carbocycles. The minimum Gasteiger partial charge on any atom is -0.260 e. The number of hydrogen-bond acceptors (Lipinski definition) is 2. The predicted octanol–water partition coefficient (Wildman–Crippen LogP) is -0.241. The van der Waals surface area contributed by atoms with E-state index < -0.39 is 10.5 Å². The molecule has 0 atom stereocenters. The van der Waals surface area contributed by atoms with E-state index >= 15 is 0 Å². The topological polar surface area (TPSA) is 54.4 Å². The molecule has 0 aliphatic carbocycles. The molecule has 0 aromatic heterocycles. The molecular formula is HFO3STb. The third kappa shape index (κ3) is 68.8. The van der Waals surface area contributed by atoms with Gasteiger partial charge in [0, 0.05) is 38.6 Å². The van der Waals surface area contributed by atoms with Crippen LogP contribution in [0, 0.1) is 38.6 Å². The normalized spacial score (nSPS) is 9.67. The van der Waals surface area contributed by atoms with Gasteiger partial charge in [-0.1, -0.05) is 3.89 Å². The average Bonchev–Trinajstić information content (AvgIpc) is 0.722. The Morgan fingerprint density at radius 3 is 1.50 bits per heavy atom. The van der Waals surface area contributed by atoms with Gasteiger partial charge in [-0.3, -0.25) is 4.55 Å². The van der Waals surface area contributed by atoms with Crippen LogP contribution in [0.15, 0.2) is 0 Å². The van der Waals surface area contributed by atoms with Crippen LogP contribution in [0.5, 0.6) is 0 Å². The Bertz CT molecular complexity index is 94.0. The van der Waals surface area contributed by atoms with Crippen LogP contribution in [0.25, 0.3) is 0 Å². The fourth-order valence-corrected chi connectivity index (χ4v) is 0. The maximum absolute atomic E-state index is 10.2. The first-order chi connectivity index (χ1) is 2.00. The molecule has 0 aliphatic heterocycles. The summed E-state index contributed by atoms with van der Waals surface area (Å²) >= 11 is 0. The van der Waals surface area contributed by atoms with Crippen LogP contribution in [0.1, 0.15) is 0 Å². The molecule has 6 heavy (non-hydrogen) atoms. The largest absolute Gasteiger partial charge is 0.435 e. The zero-order valence-electron chi connectivity index (χ0n) is 2.38. The summed E-state index contributed by atoms with van der Waals surface area (Å²) in [6.45, 7) is 0. The first kappa shape index (κ1) is 10.2. The summed E-state index contributed by atoms with van der Waals surface area (Å²) in [5, 5.41) is 0. The summed E-state index contributed by atoms with van der Waals surface area (Å²) in [5.41, 5.74) is 0. The van der Waals surface area contributed by atoms with E-state index in [4.69, 9.17) is 13.0 Å². The second-order valence-electron chi connectivity index (χ2n) is 0.412. The smallest absolute Gasteiger partial charge is 0.260 e. The van der Waals surface area contributed by atoms with Crippen LogP contribution < -0.4 is 0 Å². The van der Waals surface area contributed by atoms with E-state index in [1.54, 1.807) is 0 Å². The summed E-state index contributed by atoms with van der Waals surface area (Å²) in [4.78, 5) is 0. The molecule has 6 heteroatoms. The second kappa shape index (κ2) is 3.17. The Morgan fingerprint density at radius 1 is 1.50 bits per heavy atom. The summed E-state index contributed by atoms with van der Waals surface area (Å²) in [5.74, 6) is 0. The average molecular weight is 259 g/mol. The second-order valence-corrected chi connectivity index (χ2v) is 1.24. The molecule has 3 nitrogen and oxygen atoms in total. The van der Waals surface area contributed by atoms with Gasteiger partial charge in [0.05, 0.1) is 0 Å². The zero-order valence-corrected chi connectivity index (χ0v) is 5.34. The Labute approximate surface area is 65.4 Å². The van der Waals surface area contributed by atoms with Gasteiger partial charge in [0.25, 0.3) is 0 Å². The molecule has 0 unspecified atom stereocenters. The maximum atomic E-state index is 10.2. The van der Waals surface area contributed by atoms with Crippen LogP contribution in [0.3, 0.4) is 0 Å². The van der Waals surface area contributed by atoms with Gasteiger partial charge in [-0.05, 0) is 0 Å². The summed E-state index contributed by atoms with van der Waals surface area (Å²) < 4.78 is 34.1. The van der Waals surface area contributed by atoms with Crippen molar-refractivity contribution in [1.29, 1.82) is 0 Å². The Hall–Kier alpha value is 1.13. The molecular weight excluding hydrogens is 258 g/mol. The third-order valence-electron chi connectivity index (χ3n) is 0. The maximum Gasteiger partial charge on any atom is 0.435 e. The van der Waals surface area contributed by atoms with Crippen molar-refractivity contribution in [1.82, 2.24) is 0 Å². The fourth-order valence-electron chi connectivity index (χ4n) is 0. The van der Waals surface area contributed by atoms with E-state index in [9.17, 15) is 3.89 Å². The number of rotatable bonds is 0. The van der Waals surface area contributed by atoms with Crippen molar-refractivity contribution in [2.75, 3.05) is 0 Å². The van der Waals surface area contributed by atoms with E-state index in [-0.39, 0.29) is 38.6 Å². The Morgan fingerprint density at radius 2 is 1.50 bits per heavy atom. The van der Waals surface area contributed by atoms with Crippen molar-refractivity contribution in [3.05, 3.63) is 0 Å². The third-order valence-corrected chi connectivity index (χ3v) is 0. The van der Waals surface area contributed by atoms with E-state index in [0.717, 1.165) is 0 Å². The molecule has 0 fully saturated rings. The van der Waals surface area contributed by atoms with Gasteiger partial charge in [0.15, 0.2) is 0 Å². The van der Waals surface area contributed by atoms with Gasteiger partial charge in [0.1, 0.15) is 0 Å². The van der Waals surface area contributed by atoms with Crippen molar-refractivity contribution in [2.24, 2.45) is 0 Å². The van der Waals surface area contributed by atoms with Crippen LogP contribution in [-0.4, -0.2) is 13.0 Å². The van der Waals surface area contributed by atoms with Gasteiger partial charge in [0.2, 0.25) is 0 Å². The van der Waals surface area contributed by atoms with Crippen molar-refractivity contribution >= 4 is 10.5 Å². The Balaban J connectivity index is 0. The van der Waals surface area contributed by atoms with E-state index in [1.807, 2.05) is 0 Å². The minimum absolute atomic E-state index is 0. The van der Waals surface area contributed by atoms with Crippen molar-refractivity contribution in [3.8, 4) is 0 Å². The molecule has 0 amide bonds. The Kier molecular flexibility index (Phi) is 5.38. The number of hydrogen-bond donors (Lipinski definition) is 1.